The van der Waals surface area contributed by atoms with Crippen LogP contribution >= 0.6 is 22.9 Å². The average Bonchev–Trinajstić information content (AvgIpc) is 2.95. The number of thiazole rings is 1. The molecule has 0 saturated heterocycles. The minimum atomic E-state index is -0.489. The van der Waals surface area contributed by atoms with E-state index < -0.39 is 4.92 Å². The monoisotopic (exact) mass is 363 g/mol. The van der Waals surface area contributed by atoms with Gasteiger partial charge in [-0.15, -0.1) is 0 Å². The number of nitrogens with one attached hydrogen (secondary N) is 1. The fraction of sp³-hybridized carbons (Fsp3) is 0.0667. The van der Waals surface area contributed by atoms with Gasteiger partial charge in [0.1, 0.15) is 5.75 Å². The number of aromatic nitrogens is 1. The Kier molecular flexibility index (Phi) is 4.59. The molecule has 0 aliphatic heterocycles. The molecule has 0 spiro atoms. The summed E-state index contributed by atoms with van der Waals surface area (Å²) in [5, 5.41) is 14.3. The van der Waals surface area contributed by atoms with E-state index in [4.69, 9.17) is 16.3 Å². The molecule has 2 aromatic carbocycles. The molecule has 0 fully saturated rings. The van der Waals surface area contributed by atoms with Gasteiger partial charge in [-0.2, -0.15) is 0 Å². The Morgan fingerprint density at radius 3 is 2.75 bits per heavy atom. The summed E-state index contributed by atoms with van der Waals surface area (Å²) < 4.78 is 6.08. The van der Waals surface area contributed by atoms with Gasteiger partial charge in [-0.05, 0) is 30.3 Å². The summed E-state index contributed by atoms with van der Waals surface area (Å²) in [5.41, 5.74) is 0.417. The number of benzene rings is 2. The molecule has 1 amide bonds. The second-order valence-electron chi connectivity index (χ2n) is 4.72. The number of nitro groups is 1. The van der Waals surface area contributed by atoms with Crippen LogP contribution in [0.4, 0.5) is 10.8 Å². The zero-order chi connectivity index (χ0) is 17.1. The Labute approximate surface area is 145 Å². The summed E-state index contributed by atoms with van der Waals surface area (Å²) in [7, 11) is 0. The lowest BCUT2D eigenvalue weighted by Gasteiger charge is -2.05. The quantitative estimate of drug-likeness (QED) is 0.548. The van der Waals surface area contributed by atoms with Crippen molar-refractivity contribution in [2.45, 2.75) is 0 Å². The van der Waals surface area contributed by atoms with Crippen molar-refractivity contribution >= 4 is 49.9 Å². The Morgan fingerprint density at radius 2 is 2.04 bits per heavy atom. The number of anilines is 1. The Bertz CT molecular complexity index is 911. The van der Waals surface area contributed by atoms with Crippen LogP contribution in [0.3, 0.4) is 0 Å². The summed E-state index contributed by atoms with van der Waals surface area (Å²) >= 11 is 7.00. The molecule has 0 unspecified atom stereocenters. The topological polar surface area (TPSA) is 94.4 Å². The molecular formula is C15H10ClN3O4S. The molecular weight excluding hydrogens is 354 g/mol. The lowest BCUT2D eigenvalue weighted by molar-refractivity contribution is -0.384. The minimum absolute atomic E-state index is 0.0447. The van der Waals surface area contributed by atoms with Crippen LogP contribution in [0.2, 0.25) is 5.02 Å². The molecule has 0 aliphatic rings. The van der Waals surface area contributed by atoms with Crippen LogP contribution in [0.15, 0.2) is 42.5 Å². The van der Waals surface area contributed by atoms with Crippen molar-refractivity contribution < 1.29 is 14.5 Å². The van der Waals surface area contributed by atoms with E-state index in [0.717, 1.165) is 4.70 Å². The summed E-state index contributed by atoms with van der Waals surface area (Å²) in [4.78, 5) is 26.3. The van der Waals surface area contributed by atoms with Crippen molar-refractivity contribution in [3.05, 3.63) is 57.6 Å². The number of carbonyl (C=O) groups is 1. The third-order valence-corrected chi connectivity index (χ3v) is 4.22. The van der Waals surface area contributed by atoms with E-state index in [0.29, 0.717) is 21.4 Å². The van der Waals surface area contributed by atoms with E-state index in [2.05, 4.69) is 10.3 Å². The van der Waals surface area contributed by atoms with E-state index >= 15 is 0 Å². The van der Waals surface area contributed by atoms with Crippen molar-refractivity contribution in [1.29, 1.82) is 0 Å². The predicted octanol–water partition coefficient (Wildman–Crippen LogP) is 3.88. The number of halogens is 1. The van der Waals surface area contributed by atoms with Crippen LogP contribution in [-0.4, -0.2) is 22.4 Å². The second kappa shape index (κ2) is 6.81. The normalized spacial score (nSPS) is 10.5. The number of hydrogen-bond acceptors (Lipinski definition) is 6. The van der Waals surface area contributed by atoms with E-state index in [9.17, 15) is 14.9 Å². The molecule has 1 N–H and O–H groups in total. The zero-order valence-corrected chi connectivity index (χ0v) is 13.6. The third kappa shape index (κ3) is 3.79. The first-order valence-corrected chi connectivity index (χ1v) is 7.94. The number of amides is 1. The number of non-ortho nitro benzene ring substituents is 1. The van der Waals surface area contributed by atoms with Crippen LogP contribution in [0.1, 0.15) is 0 Å². The Hall–Kier alpha value is -2.71. The number of nitrogens with zero attached hydrogens (tertiary/aromatic N) is 2. The molecule has 7 nitrogen and oxygen atoms in total. The van der Waals surface area contributed by atoms with Gasteiger partial charge in [0.2, 0.25) is 0 Å². The van der Waals surface area contributed by atoms with Gasteiger partial charge in [-0.3, -0.25) is 20.2 Å². The third-order valence-electron chi connectivity index (χ3n) is 3.01. The van der Waals surface area contributed by atoms with Crippen molar-refractivity contribution in [2.75, 3.05) is 11.9 Å². The molecule has 9 heteroatoms. The molecule has 1 aromatic heterocycles. The van der Waals surface area contributed by atoms with Gasteiger partial charge in [-0.1, -0.05) is 22.9 Å². The van der Waals surface area contributed by atoms with E-state index in [-0.39, 0.29) is 18.2 Å². The number of ether oxygens (including phenoxy) is 1. The smallest absolute Gasteiger partial charge is 0.271 e. The zero-order valence-electron chi connectivity index (χ0n) is 12.1. The molecule has 0 radical (unpaired) electrons. The summed E-state index contributed by atoms with van der Waals surface area (Å²) in [6, 6.07) is 11.0. The van der Waals surface area contributed by atoms with Crippen molar-refractivity contribution in [3.8, 4) is 5.75 Å². The maximum absolute atomic E-state index is 11.9. The molecule has 0 aliphatic carbocycles. The minimum Gasteiger partial charge on any atom is -0.484 e. The van der Waals surface area contributed by atoms with Crippen molar-refractivity contribution in [1.82, 2.24) is 4.98 Å². The molecule has 0 bridgehead atoms. The van der Waals surface area contributed by atoms with Crippen LogP contribution in [-0.2, 0) is 4.79 Å². The molecule has 0 saturated carbocycles. The average molecular weight is 364 g/mol. The van der Waals surface area contributed by atoms with Gasteiger partial charge >= 0.3 is 0 Å². The number of rotatable bonds is 5. The number of fused-ring (bicyclic) bond motifs is 1. The molecule has 1 heterocycles. The van der Waals surface area contributed by atoms with Crippen molar-refractivity contribution in [2.24, 2.45) is 0 Å². The molecule has 0 atom stereocenters. The molecule has 3 rings (SSSR count). The Morgan fingerprint density at radius 1 is 1.29 bits per heavy atom. The first-order valence-electron chi connectivity index (χ1n) is 6.74. The van der Waals surface area contributed by atoms with Gasteiger partial charge in [0, 0.05) is 17.2 Å². The number of nitro benzene ring substituents is 1. The highest BCUT2D eigenvalue weighted by Crippen LogP contribution is 2.28. The molecule has 122 valence electrons. The maximum atomic E-state index is 11.9. The largest absolute Gasteiger partial charge is 0.484 e. The number of carbonyl (C=O) groups excluding carboxylic acids is 1. The fourth-order valence-electron chi connectivity index (χ4n) is 1.92. The SMILES string of the molecule is O=C(COc1ccc(Cl)cc1)Nc1nc2cc([N+](=O)[O-])ccc2s1. The van der Waals surface area contributed by atoms with Gasteiger partial charge in [0.25, 0.3) is 11.6 Å². The fourth-order valence-corrected chi connectivity index (χ4v) is 2.91. The van der Waals surface area contributed by atoms with Gasteiger partial charge in [0.05, 0.1) is 15.1 Å². The van der Waals surface area contributed by atoms with Crippen LogP contribution in [0.25, 0.3) is 10.2 Å². The lowest BCUT2D eigenvalue weighted by Crippen LogP contribution is -2.19. The first-order chi connectivity index (χ1) is 11.5. The highest BCUT2D eigenvalue weighted by Gasteiger charge is 2.12. The van der Waals surface area contributed by atoms with Gasteiger partial charge in [-0.25, -0.2) is 4.98 Å². The highest BCUT2D eigenvalue weighted by atomic mass is 35.5. The second-order valence-corrected chi connectivity index (χ2v) is 6.19. The van der Waals surface area contributed by atoms with Gasteiger partial charge < -0.3 is 4.74 Å². The van der Waals surface area contributed by atoms with Gasteiger partial charge in [0.15, 0.2) is 11.7 Å². The summed E-state index contributed by atoms with van der Waals surface area (Å²) in [6.07, 6.45) is 0. The van der Waals surface area contributed by atoms with Crippen LogP contribution in [0.5, 0.6) is 5.75 Å². The van der Waals surface area contributed by atoms with E-state index in [1.54, 1.807) is 30.3 Å². The number of hydrogen-bond donors (Lipinski definition) is 1. The summed E-state index contributed by atoms with van der Waals surface area (Å²) in [5.74, 6) is 0.146. The van der Waals surface area contributed by atoms with Crippen LogP contribution < -0.4 is 10.1 Å². The maximum Gasteiger partial charge on any atom is 0.271 e. The molecule has 24 heavy (non-hydrogen) atoms. The predicted molar refractivity (Wildman–Crippen MR) is 91.9 cm³/mol. The lowest BCUT2D eigenvalue weighted by atomic mass is 10.3. The highest BCUT2D eigenvalue weighted by molar-refractivity contribution is 7.22. The Balaban J connectivity index is 1.64. The summed E-state index contributed by atoms with van der Waals surface area (Å²) in [6.45, 7) is -0.183. The van der Waals surface area contributed by atoms with Crippen LogP contribution in [0, 0.1) is 10.1 Å². The van der Waals surface area contributed by atoms with E-state index in [1.807, 2.05) is 0 Å². The van der Waals surface area contributed by atoms with E-state index in [1.165, 1.54) is 23.5 Å². The molecule has 3 aromatic rings. The van der Waals surface area contributed by atoms with Crippen molar-refractivity contribution in [3.63, 3.8) is 0 Å². The standard InChI is InChI=1S/C15H10ClN3O4S/c16-9-1-4-11(5-2-9)23-8-14(20)18-15-17-12-7-10(19(21)22)3-6-13(12)24-15/h1-7H,8H2,(H,17,18,20). The first kappa shape index (κ1) is 16.2.